The summed E-state index contributed by atoms with van der Waals surface area (Å²) in [4.78, 5) is 39.1. The van der Waals surface area contributed by atoms with E-state index in [-0.39, 0.29) is 18.2 Å². The summed E-state index contributed by atoms with van der Waals surface area (Å²) in [5, 5.41) is 0. The minimum Gasteiger partial charge on any atom is -0.497 e. The molecule has 0 saturated carbocycles. The third-order valence-corrected chi connectivity index (χ3v) is 4.25. The molecular formula is C21H24N2O4. The van der Waals surface area contributed by atoms with Crippen LogP contribution < -0.4 is 10.5 Å². The molecule has 2 aromatic rings. The van der Waals surface area contributed by atoms with Gasteiger partial charge in [-0.1, -0.05) is 44.2 Å². The van der Waals surface area contributed by atoms with Crippen LogP contribution in [0, 0.1) is 5.92 Å². The second-order valence-electron chi connectivity index (χ2n) is 6.55. The van der Waals surface area contributed by atoms with Gasteiger partial charge in [-0.05, 0) is 30.2 Å². The zero-order valence-electron chi connectivity index (χ0n) is 15.7. The zero-order valence-corrected chi connectivity index (χ0v) is 15.7. The zero-order chi connectivity index (χ0) is 20.0. The van der Waals surface area contributed by atoms with Gasteiger partial charge in [-0.25, -0.2) is 0 Å². The Kier molecular flexibility index (Phi) is 6.71. The lowest BCUT2D eigenvalue weighted by Crippen LogP contribution is -2.52. The van der Waals surface area contributed by atoms with Crippen molar-refractivity contribution in [2.45, 2.75) is 19.9 Å². The minimum absolute atomic E-state index is 0.242. The number of rotatable bonds is 8. The molecule has 2 aromatic carbocycles. The predicted molar refractivity (Wildman–Crippen MR) is 103 cm³/mol. The van der Waals surface area contributed by atoms with Gasteiger partial charge in [0.25, 0.3) is 5.91 Å². The Hall–Kier alpha value is -3.15. The summed E-state index contributed by atoms with van der Waals surface area (Å²) in [5.74, 6) is -1.06. The van der Waals surface area contributed by atoms with Crippen LogP contribution in [-0.2, 0) is 4.79 Å². The Morgan fingerprint density at radius 1 is 1.00 bits per heavy atom. The van der Waals surface area contributed by atoms with E-state index in [1.165, 1.54) is 12.0 Å². The number of amides is 2. The molecule has 2 rings (SSSR count). The summed E-state index contributed by atoms with van der Waals surface area (Å²) in [6.45, 7) is 3.32. The Morgan fingerprint density at radius 3 is 2.19 bits per heavy atom. The molecule has 0 aliphatic rings. The van der Waals surface area contributed by atoms with E-state index >= 15 is 0 Å². The highest BCUT2D eigenvalue weighted by atomic mass is 16.5. The molecule has 0 fully saturated rings. The number of ketones is 1. The summed E-state index contributed by atoms with van der Waals surface area (Å²) >= 11 is 0. The van der Waals surface area contributed by atoms with Crippen LogP contribution in [-0.4, -0.2) is 42.2 Å². The van der Waals surface area contributed by atoms with Crippen molar-refractivity contribution in [3.05, 3.63) is 65.7 Å². The molecule has 0 radical (unpaired) electrons. The van der Waals surface area contributed by atoms with E-state index in [4.69, 9.17) is 10.5 Å². The maximum Gasteiger partial charge on any atom is 0.254 e. The lowest BCUT2D eigenvalue weighted by Gasteiger charge is -2.32. The SMILES string of the molecule is COc1cccc(C(=O)CN(C(=O)c2ccccc2)C(C(N)=O)C(C)C)c1. The van der Waals surface area contributed by atoms with E-state index in [0.29, 0.717) is 16.9 Å². The minimum atomic E-state index is -0.896. The molecule has 0 aliphatic heterocycles. The van der Waals surface area contributed by atoms with Gasteiger partial charge in [-0.15, -0.1) is 0 Å². The molecule has 6 nitrogen and oxygen atoms in total. The van der Waals surface area contributed by atoms with Gasteiger partial charge in [0.1, 0.15) is 11.8 Å². The van der Waals surface area contributed by atoms with Gasteiger partial charge in [-0.3, -0.25) is 14.4 Å². The molecule has 0 bridgehead atoms. The van der Waals surface area contributed by atoms with E-state index in [0.717, 1.165) is 0 Å². The maximum absolute atomic E-state index is 13.0. The topological polar surface area (TPSA) is 89.7 Å². The first-order valence-corrected chi connectivity index (χ1v) is 8.67. The monoisotopic (exact) mass is 368 g/mol. The van der Waals surface area contributed by atoms with Crippen LogP contribution >= 0.6 is 0 Å². The van der Waals surface area contributed by atoms with Crippen molar-refractivity contribution in [1.82, 2.24) is 4.90 Å². The maximum atomic E-state index is 13.0. The molecular weight excluding hydrogens is 344 g/mol. The van der Waals surface area contributed by atoms with Crippen molar-refractivity contribution < 1.29 is 19.1 Å². The van der Waals surface area contributed by atoms with Gasteiger partial charge in [-0.2, -0.15) is 0 Å². The van der Waals surface area contributed by atoms with Crippen molar-refractivity contribution in [3.63, 3.8) is 0 Å². The van der Waals surface area contributed by atoms with E-state index in [1.807, 2.05) is 0 Å². The number of Topliss-reactive ketones (excluding diaryl/α,β-unsaturated/α-hetero) is 1. The van der Waals surface area contributed by atoms with Crippen molar-refractivity contribution in [1.29, 1.82) is 0 Å². The number of ether oxygens (including phenoxy) is 1. The number of nitrogens with zero attached hydrogens (tertiary/aromatic N) is 1. The summed E-state index contributed by atoms with van der Waals surface area (Å²) in [6.07, 6.45) is 0. The third-order valence-electron chi connectivity index (χ3n) is 4.25. The number of primary amides is 1. The quantitative estimate of drug-likeness (QED) is 0.725. The fourth-order valence-corrected chi connectivity index (χ4v) is 2.93. The van der Waals surface area contributed by atoms with E-state index in [1.54, 1.807) is 68.4 Å². The predicted octanol–water partition coefficient (Wildman–Crippen LogP) is 2.53. The number of carbonyl (C=O) groups excluding carboxylic acids is 3. The molecule has 27 heavy (non-hydrogen) atoms. The van der Waals surface area contributed by atoms with Gasteiger partial charge in [0.2, 0.25) is 5.91 Å². The molecule has 1 unspecified atom stereocenters. The highest BCUT2D eigenvalue weighted by molar-refractivity contribution is 6.04. The van der Waals surface area contributed by atoms with Crippen molar-refractivity contribution in [2.75, 3.05) is 13.7 Å². The Labute approximate surface area is 158 Å². The molecule has 2 N–H and O–H groups in total. The van der Waals surface area contributed by atoms with Crippen LogP contribution in [0.25, 0.3) is 0 Å². The first kappa shape index (κ1) is 20.2. The highest BCUT2D eigenvalue weighted by Gasteiger charge is 2.33. The van der Waals surface area contributed by atoms with E-state index < -0.39 is 17.9 Å². The average Bonchev–Trinajstić information content (AvgIpc) is 2.67. The van der Waals surface area contributed by atoms with Crippen molar-refractivity contribution >= 4 is 17.6 Å². The largest absolute Gasteiger partial charge is 0.497 e. The van der Waals surface area contributed by atoms with E-state index in [2.05, 4.69) is 0 Å². The molecule has 0 heterocycles. The molecule has 0 aromatic heterocycles. The summed E-state index contributed by atoms with van der Waals surface area (Å²) in [7, 11) is 1.51. The Morgan fingerprint density at radius 2 is 1.63 bits per heavy atom. The van der Waals surface area contributed by atoms with Crippen LogP contribution in [0.2, 0.25) is 0 Å². The number of hydrogen-bond donors (Lipinski definition) is 1. The molecule has 142 valence electrons. The smallest absolute Gasteiger partial charge is 0.254 e. The first-order chi connectivity index (χ1) is 12.8. The molecule has 6 heteroatoms. The first-order valence-electron chi connectivity index (χ1n) is 8.67. The van der Waals surface area contributed by atoms with Gasteiger partial charge in [0.05, 0.1) is 13.7 Å². The van der Waals surface area contributed by atoms with Crippen LogP contribution in [0.3, 0.4) is 0 Å². The summed E-state index contributed by atoms with van der Waals surface area (Å²) < 4.78 is 5.14. The summed E-state index contributed by atoms with van der Waals surface area (Å²) in [6, 6.07) is 14.3. The normalized spacial score (nSPS) is 11.7. The van der Waals surface area contributed by atoms with Crippen LogP contribution in [0.1, 0.15) is 34.6 Å². The third kappa shape index (κ3) is 4.94. The van der Waals surface area contributed by atoms with Gasteiger partial charge < -0.3 is 15.4 Å². The Balaban J connectivity index is 2.38. The average molecular weight is 368 g/mol. The number of benzene rings is 2. The fraction of sp³-hybridized carbons (Fsp3) is 0.286. The number of hydrogen-bond acceptors (Lipinski definition) is 4. The lowest BCUT2D eigenvalue weighted by atomic mass is 9.99. The summed E-state index contributed by atoms with van der Waals surface area (Å²) in [5.41, 5.74) is 6.34. The fourth-order valence-electron chi connectivity index (χ4n) is 2.93. The van der Waals surface area contributed by atoms with Crippen LogP contribution in [0.4, 0.5) is 0 Å². The van der Waals surface area contributed by atoms with Gasteiger partial charge >= 0.3 is 0 Å². The second-order valence-corrected chi connectivity index (χ2v) is 6.55. The second kappa shape index (κ2) is 8.98. The van der Waals surface area contributed by atoms with Crippen molar-refractivity contribution in [3.8, 4) is 5.75 Å². The highest BCUT2D eigenvalue weighted by Crippen LogP contribution is 2.18. The van der Waals surface area contributed by atoms with Crippen LogP contribution in [0.5, 0.6) is 5.75 Å². The molecule has 2 amide bonds. The molecule has 1 atom stereocenters. The Bertz CT molecular complexity index is 818. The molecule has 0 aliphatic carbocycles. The van der Waals surface area contributed by atoms with Crippen LogP contribution in [0.15, 0.2) is 54.6 Å². The van der Waals surface area contributed by atoms with E-state index in [9.17, 15) is 14.4 Å². The molecule has 0 spiro atoms. The lowest BCUT2D eigenvalue weighted by molar-refractivity contribution is -0.123. The standard InChI is InChI=1S/C21H24N2O4/c1-14(2)19(20(22)25)23(21(26)15-8-5-4-6-9-15)13-18(24)16-10-7-11-17(12-16)27-3/h4-12,14,19H,13H2,1-3H3,(H2,22,25). The number of carbonyl (C=O) groups is 3. The van der Waals surface area contributed by atoms with Gasteiger partial charge in [0.15, 0.2) is 5.78 Å². The number of methoxy groups -OCH3 is 1. The number of nitrogens with two attached hydrogens (primary N) is 1. The van der Waals surface area contributed by atoms with Crippen molar-refractivity contribution in [2.24, 2.45) is 11.7 Å². The van der Waals surface area contributed by atoms with Gasteiger partial charge in [0, 0.05) is 11.1 Å². The molecule has 0 saturated heterocycles.